The molecule has 0 aromatic heterocycles. The third kappa shape index (κ3) is 5.02. The van der Waals surface area contributed by atoms with E-state index in [1.807, 2.05) is 0 Å². The molecule has 1 atom stereocenters. The Labute approximate surface area is 146 Å². The minimum Gasteiger partial charge on any atom is -0.465 e. The number of esters is 1. The summed E-state index contributed by atoms with van der Waals surface area (Å²) in [6.45, 7) is 1.08. The minimum absolute atomic E-state index is 0.0258. The van der Waals surface area contributed by atoms with E-state index in [4.69, 9.17) is 0 Å². The van der Waals surface area contributed by atoms with Crippen LogP contribution in [0.5, 0.6) is 0 Å². The Balaban J connectivity index is 2.00. The van der Waals surface area contributed by atoms with Gasteiger partial charge in [0.2, 0.25) is 11.8 Å². The van der Waals surface area contributed by atoms with Crippen molar-refractivity contribution in [2.24, 2.45) is 0 Å². The predicted molar refractivity (Wildman–Crippen MR) is 90.9 cm³/mol. The first-order valence-electron chi connectivity index (χ1n) is 7.67. The average molecular weight is 368 g/mol. The number of hydrogen-bond acceptors (Lipinski definition) is 6. The quantitative estimate of drug-likeness (QED) is 0.756. The number of rotatable bonds is 5. The molecule has 0 aliphatic carbocycles. The maximum absolute atomic E-state index is 12.2. The van der Waals surface area contributed by atoms with Crippen molar-refractivity contribution in [2.45, 2.75) is 19.4 Å². The van der Waals surface area contributed by atoms with Crippen LogP contribution in [0.4, 0.5) is 5.69 Å². The number of methoxy groups -OCH3 is 1. The number of hydrogen-bond donors (Lipinski definition) is 1. The smallest absolute Gasteiger partial charge is 0.337 e. The Morgan fingerprint density at radius 2 is 1.88 bits per heavy atom. The summed E-state index contributed by atoms with van der Waals surface area (Å²) < 4.78 is 27.8. The van der Waals surface area contributed by atoms with Gasteiger partial charge in [0.25, 0.3) is 0 Å². The lowest BCUT2D eigenvalue weighted by Gasteiger charge is -2.26. The molecule has 1 aliphatic rings. The third-order valence-corrected chi connectivity index (χ3v) is 5.71. The molecule has 1 fully saturated rings. The van der Waals surface area contributed by atoms with Crippen LogP contribution in [0.3, 0.4) is 0 Å². The summed E-state index contributed by atoms with van der Waals surface area (Å²) >= 11 is 0. The Hall–Kier alpha value is -2.42. The van der Waals surface area contributed by atoms with E-state index in [1.54, 1.807) is 12.1 Å². The van der Waals surface area contributed by atoms with Crippen LogP contribution in [0.15, 0.2) is 24.3 Å². The van der Waals surface area contributed by atoms with E-state index in [-0.39, 0.29) is 24.0 Å². The maximum atomic E-state index is 12.2. The minimum atomic E-state index is -3.15. The van der Waals surface area contributed by atoms with Crippen LogP contribution in [-0.4, -0.2) is 62.3 Å². The third-order valence-electron chi connectivity index (χ3n) is 3.96. The van der Waals surface area contributed by atoms with Gasteiger partial charge in [0.05, 0.1) is 24.2 Å². The van der Waals surface area contributed by atoms with E-state index in [0.29, 0.717) is 17.7 Å². The molecule has 1 saturated heterocycles. The number of benzene rings is 1. The molecule has 9 heteroatoms. The standard InChI is InChI=1S/C16H20N2O6S/c1-11(19)18(14-7-8-25(22,23)10-14)9-15(20)17-13-5-3-12(4-6-13)16(21)24-2/h3-6,14H,7-10H2,1-2H3,(H,17,20). The van der Waals surface area contributed by atoms with Gasteiger partial charge in [0, 0.05) is 18.7 Å². The van der Waals surface area contributed by atoms with Gasteiger partial charge >= 0.3 is 5.97 Å². The molecule has 2 amide bonds. The summed E-state index contributed by atoms with van der Waals surface area (Å²) in [4.78, 5) is 36.6. The monoisotopic (exact) mass is 368 g/mol. The number of nitrogens with zero attached hydrogens (tertiary/aromatic N) is 1. The lowest BCUT2D eigenvalue weighted by molar-refractivity contribution is -0.134. The molecule has 1 aliphatic heterocycles. The summed E-state index contributed by atoms with van der Waals surface area (Å²) in [7, 11) is -1.88. The highest BCUT2D eigenvalue weighted by atomic mass is 32.2. The average Bonchev–Trinajstić information content (AvgIpc) is 2.92. The first-order valence-corrected chi connectivity index (χ1v) is 9.50. The Morgan fingerprint density at radius 3 is 2.36 bits per heavy atom. The van der Waals surface area contributed by atoms with Crippen molar-refractivity contribution < 1.29 is 27.5 Å². The number of carbonyl (C=O) groups is 3. The maximum Gasteiger partial charge on any atom is 0.337 e. The molecule has 8 nitrogen and oxygen atoms in total. The van der Waals surface area contributed by atoms with Crippen molar-refractivity contribution in [3.05, 3.63) is 29.8 Å². The van der Waals surface area contributed by atoms with E-state index in [9.17, 15) is 22.8 Å². The van der Waals surface area contributed by atoms with Crippen LogP contribution in [0.25, 0.3) is 0 Å². The first-order chi connectivity index (χ1) is 11.7. The fourth-order valence-electron chi connectivity index (χ4n) is 2.68. The SMILES string of the molecule is COC(=O)c1ccc(NC(=O)CN(C(C)=O)C2CCS(=O)(=O)C2)cc1. The lowest BCUT2D eigenvalue weighted by atomic mass is 10.2. The largest absolute Gasteiger partial charge is 0.465 e. The second kappa shape index (κ2) is 7.64. The van der Waals surface area contributed by atoms with Gasteiger partial charge in [-0.25, -0.2) is 13.2 Å². The van der Waals surface area contributed by atoms with Crippen molar-refractivity contribution in [3.8, 4) is 0 Å². The summed E-state index contributed by atoms with van der Waals surface area (Å²) in [5.74, 6) is -1.36. The predicted octanol–water partition coefficient (Wildman–Crippen LogP) is 0.447. The fraction of sp³-hybridized carbons (Fsp3) is 0.438. The van der Waals surface area contributed by atoms with Crippen molar-refractivity contribution in [1.29, 1.82) is 0 Å². The molecule has 1 unspecified atom stereocenters. The highest BCUT2D eigenvalue weighted by molar-refractivity contribution is 7.91. The van der Waals surface area contributed by atoms with Crippen LogP contribution in [0.2, 0.25) is 0 Å². The van der Waals surface area contributed by atoms with Crippen molar-refractivity contribution >= 4 is 33.3 Å². The van der Waals surface area contributed by atoms with Crippen molar-refractivity contribution in [1.82, 2.24) is 4.90 Å². The van der Waals surface area contributed by atoms with Crippen LogP contribution < -0.4 is 5.32 Å². The van der Waals surface area contributed by atoms with Gasteiger partial charge in [-0.05, 0) is 30.7 Å². The van der Waals surface area contributed by atoms with Crippen LogP contribution in [-0.2, 0) is 24.2 Å². The molecule has 0 spiro atoms. The van der Waals surface area contributed by atoms with Crippen LogP contribution in [0, 0.1) is 0 Å². The van der Waals surface area contributed by atoms with Crippen LogP contribution in [0.1, 0.15) is 23.7 Å². The number of ether oxygens (including phenoxy) is 1. The zero-order valence-corrected chi connectivity index (χ0v) is 14.8. The number of anilines is 1. The van der Waals surface area contributed by atoms with Gasteiger partial charge < -0.3 is 15.0 Å². The molecule has 25 heavy (non-hydrogen) atoms. The van der Waals surface area contributed by atoms with E-state index < -0.39 is 27.8 Å². The molecule has 1 aromatic carbocycles. The Bertz CT molecular complexity index is 772. The molecular formula is C16H20N2O6S. The topological polar surface area (TPSA) is 110 Å². The first kappa shape index (κ1) is 18.9. The zero-order chi connectivity index (χ0) is 18.6. The van der Waals surface area contributed by atoms with Gasteiger partial charge in [0.1, 0.15) is 6.54 Å². The van der Waals surface area contributed by atoms with Crippen molar-refractivity contribution in [2.75, 3.05) is 30.5 Å². The van der Waals surface area contributed by atoms with Gasteiger partial charge in [-0.3, -0.25) is 9.59 Å². The summed E-state index contributed by atoms with van der Waals surface area (Å²) in [5.41, 5.74) is 0.808. The van der Waals surface area contributed by atoms with Gasteiger partial charge in [0.15, 0.2) is 9.84 Å². The number of nitrogens with one attached hydrogen (secondary N) is 1. The molecule has 0 radical (unpaired) electrons. The Morgan fingerprint density at radius 1 is 1.24 bits per heavy atom. The number of sulfone groups is 1. The molecule has 136 valence electrons. The molecule has 1 N–H and O–H groups in total. The van der Waals surface area contributed by atoms with Gasteiger partial charge in [-0.2, -0.15) is 0 Å². The zero-order valence-electron chi connectivity index (χ0n) is 14.0. The lowest BCUT2D eigenvalue weighted by Crippen LogP contribution is -2.44. The molecule has 1 heterocycles. The van der Waals surface area contributed by atoms with Crippen LogP contribution >= 0.6 is 0 Å². The Kier molecular flexibility index (Phi) is 5.78. The normalized spacial score (nSPS) is 18.4. The fourth-order valence-corrected chi connectivity index (χ4v) is 4.41. The van der Waals surface area contributed by atoms with Gasteiger partial charge in [-0.1, -0.05) is 0 Å². The molecule has 0 saturated carbocycles. The molecule has 2 rings (SSSR count). The highest BCUT2D eigenvalue weighted by Crippen LogP contribution is 2.18. The van der Waals surface area contributed by atoms with E-state index in [2.05, 4.69) is 10.1 Å². The van der Waals surface area contributed by atoms with E-state index >= 15 is 0 Å². The number of amides is 2. The van der Waals surface area contributed by atoms with E-state index in [1.165, 1.54) is 31.1 Å². The second-order valence-corrected chi connectivity index (χ2v) is 8.05. The summed E-state index contributed by atoms with van der Waals surface area (Å²) in [5, 5.41) is 2.62. The molecule has 1 aromatic rings. The summed E-state index contributed by atoms with van der Waals surface area (Å²) in [6.07, 6.45) is 0.336. The summed E-state index contributed by atoms with van der Waals surface area (Å²) in [6, 6.07) is 5.63. The highest BCUT2D eigenvalue weighted by Gasteiger charge is 2.34. The van der Waals surface area contributed by atoms with Gasteiger partial charge in [-0.15, -0.1) is 0 Å². The second-order valence-electron chi connectivity index (χ2n) is 5.82. The molecule has 0 bridgehead atoms. The number of carbonyl (C=O) groups excluding carboxylic acids is 3. The van der Waals surface area contributed by atoms with E-state index in [0.717, 1.165) is 0 Å². The molecular weight excluding hydrogens is 348 g/mol. The van der Waals surface area contributed by atoms with Crippen molar-refractivity contribution in [3.63, 3.8) is 0 Å².